The van der Waals surface area contributed by atoms with Gasteiger partial charge in [0.05, 0.1) is 0 Å². The molecule has 0 spiro atoms. The van der Waals surface area contributed by atoms with E-state index in [1.54, 1.807) is 6.92 Å². The molecule has 0 aromatic heterocycles. The molecule has 3 heteroatoms. The molecule has 0 bridgehead atoms. The number of piperidine rings is 1. The summed E-state index contributed by atoms with van der Waals surface area (Å²) < 4.78 is 0. The number of carbonyl (C=O) groups is 1. The van der Waals surface area contributed by atoms with Crippen LogP contribution in [0.4, 0.5) is 0 Å². The van der Waals surface area contributed by atoms with Crippen molar-refractivity contribution in [2.24, 2.45) is 5.92 Å². The third-order valence-corrected chi connectivity index (χ3v) is 2.71. The highest BCUT2D eigenvalue weighted by atomic mass is 16.3. The molecule has 0 aliphatic carbocycles. The van der Waals surface area contributed by atoms with Crippen LogP contribution in [0.3, 0.4) is 0 Å². The van der Waals surface area contributed by atoms with E-state index in [-0.39, 0.29) is 12.5 Å². The Bertz CT molecular complexity index is 170. The number of aliphatic hydroxyl groups excluding tert-OH is 1. The Balaban J connectivity index is 2.29. The Kier molecular flexibility index (Phi) is 4.39. The van der Waals surface area contributed by atoms with Gasteiger partial charge in [0.1, 0.15) is 5.78 Å². The SMILES string of the molecule is CC(=O)C1CCCN(CCCO)C1. The Morgan fingerprint density at radius 1 is 1.62 bits per heavy atom. The first kappa shape index (κ1) is 10.7. The average Bonchev–Trinajstić information content (AvgIpc) is 2.15. The first-order valence-corrected chi connectivity index (χ1v) is 5.07. The van der Waals surface area contributed by atoms with Crippen LogP contribution in [0.15, 0.2) is 0 Å². The van der Waals surface area contributed by atoms with E-state index in [9.17, 15) is 4.79 Å². The lowest BCUT2D eigenvalue weighted by molar-refractivity contribution is -0.122. The van der Waals surface area contributed by atoms with Crippen molar-refractivity contribution in [3.8, 4) is 0 Å². The summed E-state index contributed by atoms with van der Waals surface area (Å²) in [4.78, 5) is 13.4. The molecule has 13 heavy (non-hydrogen) atoms. The quantitative estimate of drug-likeness (QED) is 0.700. The van der Waals surface area contributed by atoms with Crippen molar-refractivity contribution >= 4 is 5.78 Å². The third-order valence-electron chi connectivity index (χ3n) is 2.71. The lowest BCUT2D eigenvalue weighted by Crippen LogP contribution is -2.38. The van der Waals surface area contributed by atoms with E-state index in [1.807, 2.05) is 0 Å². The second-order valence-electron chi connectivity index (χ2n) is 3.83. The highest BCUT2D eigenvalue weighted by Crippen LogP contribution is 2.16. The van der Waals surface area contributed by atoms with Crippen LogP contribution in [0, 0.1) is 5.92 Å². The fourth-order valence-corrected chi connectivity index (χ4v) is 1.88. The van der Waals surface area contributed by atoms with Crippen LogP contribution in [0.2, 0.25) is 0 Å². The highest BCUT2D eigenvalue weighted by molar-refractivity contribution is 5.78. The molecule has 1 aliphatic heterocycles. The van der Waals surface area contributed by atoms with Gasteiger partial charge in [0.2, 0.25) is 0 Å². The second-order valence-corrected chi connectivity index (χ2v) is 3.83. The summed E-state index contributed by atoms with van der Waals surface area (Å²) in [5.74, 6) is 0.557. The van der Waals surface area contributed by atoms with Gasteiger partial charge in [-0.05, 0) is 32.7 Å². The van der Waals surface area contributed by atoms with Crippen molar-refractivity contribution < 1.29 is 9.90 Å². The maximum absolute atomic E-state index is 11.1. The van der Waals surface area contributed by atoms with Gasteiger partial charge in [-0.1, -0.05) is 0 Å². The monoisotopic (exact) mass is 185 g/mol. The smallest absolute Gasteiger partial charge is 0.134 e. The number of nitrogens with zero attached hydrogens (tertiary/aromatic N) is 1. The summed E-state index contributed by atoms with van der Waals surface area (Å²) in [6.07, 6.45) is 2.99. The number of Topliss-reactive ketones (excluding diaryl/α,β-unsaturated/α-hetero) is 1. The van der Waals surface area contributed by atoms with Crippen LogP contribution in [0.5, 0.6) is 0 Å². The number of rotatable bonds is 4. The zero-order chi connectivity index (χ0) is 9.68. The van der Waals surface area contributed by atoms with Gasteiger partial charge in [0, 0.05) is 25.6 Å². The highest BCUT2D eigenvalue weighted by Gasteiger charge is 2.22. The second kappa shape index (κ2) is 5.35. The molecule has 1 fully saturated rings. The van der Waals surface area contributed by atoms with Crippen molar-refractivity contribution in [2.45, 2.75) is 26.2 Å². The maximum Gasteiger partial charge on any atom is 0.134 e. The number of hydrogen-bond acceptors (Lipinski definition) is 3. The number of carbonyl (C=O) groups excluding carboxylic acids is 1. The maximum atomic E-state index is 11.1. The minimum Gasteiger partial charge on any atom is -0.396 e. The Morgan fingerprint density at radius 3 is 3.00 bits per heavy atom. The summed E-state index contributed by atoms with van der Waals surface area (Å²) >= 11 is 0. The molecule has 1 rings (SSSR count). The predicted octanol–water partition coefficient (Wildman–Crippen LogP) is 0.670. The topological polar surface area (TPSA) is 40.5 Å². The molecular formula is C10H19NO2. The molecule has 3 nitrogen and oxygen atoms in total. The summed E-state index contributed by atoms with van der Waals surface area (Å²) in [5.41, 5.74) is 0. The fraction of sp³-hybridized carbons (Fsp3) is 0.900. The first-order valence-electron chi connectivity index (χ1n) is 5.07. The molecule has 1 atom stereocenters. The van der Waals surface area contributed by atoms with E-state index in [0.29, 0.717) is 5.78 Å². The molecule has 1 heterocycles. The Morgan fingerprint density at radius 2 is 2.38 bits per heavy atom. The molecule has 1 aliphatic rings. The molecule has 0 saturated carbocycles. The van der Waals surface area contributed by atoms with Crippen molar-refractivity contribution in [3.63, 3.8) is 0 Å². The van der Waals surface area contributed by atoms with E-state index < -0.39 is 0 Å². The molecule has 76 valence electrons. The molecule has 0 aromatic carbocycles. The van der Waals surface area contributed by atoms with Crippen molar-refractivity contribution in [3.05, 3.63) is 0 Å². The van der Waals surface area contributed by atoms with Crippen LogP contribution in [0.25, 0.3) is 0 Å². The normalized spacial score (nSPS) is 24.6. The van der Waals surface area contributed by atoms with Gasteiger partial charge in [0.25, 0.3) is 0 Å². The lowest BCUT2D eigenvalue weighted by Gasteiger charge is -2.31. The summed E-state index contributed by atoms with van der Waals surface area (Å²) in [5, 5.41) is 8.68. The lowest BCUT2D eigenvalue weighted by atomic mass is 9.94. The number of likely N-dealkylation sites (tertiary alicyclic amines) is 1. The van der Waals surface area contributed by atoms with E-state index in [2.05, 4.69) is 4.90 Å². The standard InChI is InChI=1S/C10H19NO2/c1-9(13)10-4-2-5-11(8-10)6-3-7-12/h10,12H,2-8H2,1H3. The molecule has 0 amide bonds. The molecular weight excluding hydrogens is 166 g/mol. The van der Waals surface area contributed by atoms with Crippen LogP contribution >= 0.6 is 0 Å². The molecule has 0 radical (unpaired) electrons. The van der Waals surface area contributed by atoms with Gasteiger partial charge in [-0.15, -0.1) is 0 Å². The fourth-order valence-electron chi connectivity index (χ4n) is 1.88. The van der Waals surface area contributed by atoms with Gasteiger partial charge < -0.3 is 10.0 Å². The van der Waals surface area contributed by atoms with Gasteiger partial charge in [-0.3, -0.25) is 4.79 Å². The number of aliphatic hydroxyl groups is 1. The third kappa shape index (κ3) is 3.44. The van der Waals surface area contributed by atoms with E-state index in [1.165, 1.54) is 0 Å². The van der Waals surface area contributed by atoms with Gasteiger partial charge in [-0.2, -0.15) is 0 Å². The number of ketones is 1. The van der Waals surface area contributed by atoms with Crippen LogP contribution < -0.4 is 0 Å². The minimum absolute atomic E-state index is 0.243. The van der Waals surface area contributed by atoms with Gasteiger partial charge >= 0.3 is 0 Å². The van der Waals surface area contributed by atoms with Crippen molar-refractivity contribution in [2.75, 3.05) is 26.2 Å². The molecule has 1 saturated heterocycles. The average molecular weight is 185 g/mol. The Hall–Kier alpha value is -0.410. The van der Waals surface area contributed by atoms with Crippen LogP contribution in [0.1, 0.15) is 26.2 Å². The van der Waals surface area contributed by atoms with Gasteiger partial charge in [0.15, 0.2) is 0 Å². The number of hydrogen-bond donors (Lipinski definition) is 1. The zero-order valence-corrected chi connectivity index (χ0v) is 8.33. The molecule has 1 N–H and O–H groups in total. The summed E-state index contributed by atoms with van der Waals surface area (Å²) in [6.45, 7) is 4.85. The van der Waals surface area contributed by atoms with Crippen molar-refractivity contribution in [1.82, 2.24) is 4.90 Å². The predicted molar refractivity (Wildman–Crippen MR) is 51.5 cm³/mol. The summed E-state index contributed by atoms with van der Waals surface area (Å²) in [6, 6.07) is 0. The largest absolute Gasteiger partial charge is 0.396 e. The zero-order valence-electron chi connectivity index (χ0n) is 8.33. The molecule has 0 aromatic rings. The Labute approximate surface area is 79.7 Å². The first-order chi connectivity index (χ1) is 6.24. The minimum atomic E-state index is 0.243. The van der Waals surface area contributed by atoms with E-state index in [4.69, 9.17) is 5.11 Å². The van der Waals surface area contributed by atoms with E-state index in [0.717, 1.165) is 38.9 Å². The van der Waals surface area contributed by atoms with Gasteiger partial charge in [-0.25, -0.2) is 0 Å². The molecule has 1 unspecified atom stereocenters. The van der Waals surface area contributed by atoms with E-state index >= 15 is 0 Å². The van der Waals surface area contributed by atoms with Crippen molar-refractivity contribution in [1.29, 1.82) is 0 Å². The van der Waals surface area contributed by atoms with Crippen LogP contribution in [-0.4, -0.2) is 42.0 Å². The summed E-state index contributed by atoms with van der Waals surface area (Å²) in [7, 11) is 0. The van der Waals surface area contributed by atoms with Crippen LogP contribution in [-0.2, 0) is 4.79 Å².